The number of benzene rings is 1. The van der Waals surface area contributed by atoms with Crippen LogP contribution in [0.5, 0.6) is 0 Å². The Hall–Kier alpha value is -1.36. The van der Waals surface area contributed by atoms with Crippen LogP contribution in [0.2, 0.25) is 0 Å². The highest BCUT2D eigenvalue weighted by Gasteiger charge is 2.57. The van der Waals surface area contributed by atoms with Gasteiger partial charge in [0.15, 0.2) is 0 Å². The zero-order chi connectivity index (χ0) is 12.7. The SMILES string of the molecule is FC(F)(Cl)C(F)(F)c1cccc2cccnc12. The smallest absolute Gasteiger partial charge is 0.256 e. The minimum atomic E-state index is -4.65. The molecule has 90 valence electrons. The Bertz CT molecular complexity index is 545. The molecule has 2 rings (SSSR count). The van der Waals surface area contributed by atoms with E-state index < -0.39 is 16.9 Å². The molecule has 1 nitrogen and oxygen atoms in total. The Morgan fingerprint density at radius 3 is 2.29 bits per heavy atom. The van der Waals surface area contributed by atoms with Gasteiger partial charge in [-0.05, 0) is 17.7 Å². The summed E-state index contributed by atoms with van der Waals surface area (Å²) in [6.45, 7) is 0. The van der Waals surface area contributed by atoms with E-state index in [0.29, 0.717) is 5.39 Å². The van der Waals surface area contributed by atoms with Gasteiger partial charge < -0.3 is 0 Å². The van der Waals surface area contributed by atoms with E-state index in [1.807, 2.05) is 0 Å². The Labute approximate surface area is 99.0 Å². The third-order valence-corrected chi connectivity index (χ3v) is 2.56. The first kappa shape index (κ1) is 12.1. The Balaban J connectivity index is 2.72. The maximum Gasteiger partial charge on any atom is 0.388 e. The molecule has 1 heterocycles. The number of fused-ring (bicyclic) bond motifs is 1. The van der Waals surface area contributed by atoms with Gasteiger partial charge in [-0.1, -0.05) is 24.3 Å². The van der Waals surface area contributed by atoms with Crippen LogP contribution < -0.4 is 0 Å². The predicted octanol–water partition coefficient (Wildman–Crippen LogP) is 4.16. The number of halogens is 5. The second-order valence-corrected chi connectivity index (χ2v) is 3.93. The van der Waals surface area contributed by atoms with Gasteiger partial charge in [-0.3, -0.25) is 4.98 Å². The summed E-state index contributed by atoms with van der Waals surface area (Å²) in [5, 5.41) is -4.30. The number of alkyl halides is 5. The van der Waals surface area contributed by atoms with E-state index in [1.54, 1.807) is 0 Å². The molecule has 1 aromatic heterocycles. The highest BCUT2D eigenvalue weighted by Crippen LogP contribution is 2.47. The van der Waals surface area contributed by atoms with Crippen molar-refractivity contribution in [3.8, 4) is 0 Å². The maximum atomic E-state index is 13.5. The van der Waals surface area contributed by atoms with E-state index in [0.717, 1.165) is 6.07 Å². The van der Waals surface area contributed by atoms with Crippen LogP contribution in [-0.2, 0) is 5.92 Å². The highest BCUT2D eigenvalue weighted by atomic mass is 35.5. The van der Waals surface area contributed by atoms with Crippen LogP contribution in [0.15, 0.2) is 36.5 Å². The molecule has 0 bridgehead atoms. The number of aromatic nitrogens is 1. The van der Waals surface area contributed by atoms with Crippen molar-refractivity contribution in [2.75, 3.05) is 0 Å². The van der Waals surface area contributed by atoms with Gasteiger partial charge in [0.1, 0.15) is 0 Å². The summed E-state index contributed by atoms with van der Waals surface area (Å²) in [4.78, 5) is 3.69. The zero-order valence-electron chi connectivity index (χ0n) is 8.30. The summed E-state index contributed by atoms with van der Waals surface area (Å²) in [5.41, 5.74) is -1.06. The monoisotopic (exact) mass is 263 g/mol. The van der Waals surface area contributed by atoms with Gasteiger partial charge >= 0.3 is 11.3 Å². The van der Waals surface area contributed by atoms with Crippen LogP contribution >= 0.6 is 11.6 Å². The normalized spacial score (nSPS) is 13.0. The van der Waals surface area contributed by atoms with E-state index in [1.165, 1.54) is 30.5 Å². The van der Waals surface area contributed by atoms with E-state index in [4.69, 9.17) is 0 Å². The molecule has 0 amide bonds. The molecule has 0 aliphatic carbocycles. The maximum absolute atomic E-state index is 13.5. The number of nitrogens with zero attached hydrogens (tertiary/aromatic N) is 1. The van der Waals surface area contributed by atoms with Gasteiger partial charge in [0.05, 0.1) is 11.1 Å². The van der Waals surface area contributed by atoms with Crippen molar-refractivity contribution in [1.29, 1.82) is 0 Å². The molecule has 0 fully saturated rings. The minimum Gasteiger partial charge on any atom is -0.256 e. The van der Waals surface area contributed by atoms with Gasteiger partial charge in [-0.15, -0.1) is 0 Å². The van der Waals surface area contributed by atoms with Crippen LogP contribution in [0.25, 0.3) is 10.9 Å². The molecular formula is C11H6ClF4N. The molecule has 0 N–H and O–H groups in total. The fraction of sp³-hybridized carbons (Fsp3) is 0.182. The van der Waals surface area contributed by atoms with E-state index >= 15 is 0 Å². The fourth-order valence-electron chi connectivity index (χ4n) is 1.51. The van der Waals surface area contributed by atoms with E-state index in [9.17, 15) is 17.6 Å². The van der Waals surface area contributed by atoms with Crippen LogP contribution in [0.3, 0.4) is 0 Å². The summed E-state index contributed by atoms with van der Waals surface area (Å²) < 4.78 is 52.3. The number of pyridine rings is 1. The summed E-state index contributed by atoms with van der Waals surface area (Å²) >= 11 is 4.45. The molecule has 6 heteroatoms. The van der Waals surface area contributed by atoms with Crippen molar-refractivity contribution >= 4 is 22.5 Å². The molecule has 0 unspecified atom stereocenters. The van der Waals surface area contributed by atoms with Gasteiger partial charge in [0, 0.05) is 11.6 Å². The lowest BCUT2D eigenvalue weighted by molar-refractivity contribution is -0.163. The summed E-state index contributed by atoms with van der Waals surface area (Å²) in [7, 11) is 0. The van der Waals surface area contributed by atoms with Crippen molar-refractivity contribution < 1.29 is 17.6 Å². The van der Waals surface area contributed by atoms with Crippen molar-refractivity contribution in [1.82, 2.24) is 4.98 Å². The van der Waals surface area contributed by atoms with Gasteiger partial charge in [0.25, 0.3) is 0 Å². The first-order valence-electron chi connectivity index (χ1n) is 4.63. The number of rotatable bonds is 2. The molecule has 0 saturated carbocycles. The third-order valence-electron chi connectivity index (χ3n) is 2.33. The zero-order valence-corrected chi connectivity index (χ0v) is 9.06. The first-order chi connectivity index (χ1) is 7.84. The lowest BCUT2D eigenvalue weighted by atomic mass is 10.0. The molecule has 0 aliphatic heterocycles. The minimum absolute atomic E-state index is 0.180. The summed E-state index contributed by atoms with van der Waals surface area (Å²) in [6.07, 6.45) is 1.26. The van der Waals surface area contributed by atoms with Crippen molar-refractivity contribution in [3.63, 3.8) is 0 Å². The quantitative estimate of drug-likeness (QED) is 0.586. The average Bonchev–Trinajstić information content (AvgIpc) is 2.26. The molecule has 0 radical (unpaired) electrons. The highest BCUT2D eigenvalue weighted by molar-refractivity contribution is 6.22. The Kier molecular flexibility index (Phi) is 2.73. The van der Waals surface area contributed by atoms with E-state index in [-0.39, 0.29) is 5.52 Å². The topological polar surface area (TPSA) is 12.9 Å². The van der Waals surface area contributed by atoms with Crippen molar-refractivity contribution in [2.24, 2.45) is 0 Å². The molecule has 1 aromatic carbocycles. The predicted molar refractivity (Wildman–Crippen MR) is 56.4 cm³/mol. The van der Waals surface area contributed by atoms with Crippen molar-refractivity contribution in [3.05, 3.63) is 42.1 Å². The Morgan fingerprint density at radius 1 is 1.00 bits per heavy atom. The largest absolute Gasteiger partial charge is 0.388 e. The average molecular weight is 264 g/mol. The van der Waals surface area contributed by atoms with Crippen LogP contribution in [0.1, 0.15) is 5.56 Å². The third kappa shape index (κ3) is 1.95. The number of hydrogen-bond acceptors (Lipinski definition) is 1. The molecule has 0 aliphatic rings. The second kappa shape index (κ2) is 3.84. The lowest BCUT2D eigenvalue weighted by Crippen LogP contribution is -2.32. The fourth-order valence-corrected chi connectivity index (χ4v) is 1.61. The molecular weight excluding hydrogens is 258 g/mol. The second-order valence-electron chi connectivity index (χ2n) is 3.45. The van der Waals surface area contributed by atoms with Crippen LogP contribution in [0, 0.1) is 0 Å². The van der Waals surface area contributed by atoms with Crippen LogP contribution in [-0.4, -0.2) is 10.4 Å². The van der Waals surface area contributed by atoms with Crippen LogP contribution in [0.4, 0.5) is 17.6 Å². The van der Waals surface area contributed by atoms with Crippen molar-refractivity contribution in [2.45, 2.75) is 11.3 Å². The van der Waals surface area contributed by atoms with E-state index in [2.05, 4.69) is 16.6 Å². The van der Waals surface area contributed by atoms with Gasteiger partial charge in [-0.25, -0.2) is 0 Å². The lowest BCUT2D eigenvalue weighted by Gasteiger charge is -2.22. The van der Waals surface area contributed by atoms with Gasteiger partial charge in [0.2, 0.25) is 0 Å². The summed E-state index contributed by atoms with van der Waals surface area (Å²) in [5.74, 6) is -4.47. The molecule has 0 spiro atoms. The van der Waals surface area contributed by atoms with Gasteiger partial charge in [-0.2, -0.15) is 17.6 Å². The summed E-state index contributed by atoms with van der Waals surface area (Å²) in [6, 6.07) is 6.70. The standard InChI is InChI=1S/C11H6ClF4N/c12-11(15,16)10(13,14)8-5-1-3-7-4-2-6-17-9(7)8/h1-6H. The molecule has 0 saturated heterocycles. The number of para-hydroxylation sites is 1. The Morgan fingerprint density at radius 2 is 1.65 bits per heavy atom. The molecule has 2 aromatic rings. The molecule has 0 atom stereocenters. The number of hydrogen-bond donors (Lipinski definition) is 0. The first-order valence-corrected chi connectivity index (χ1v) is 5.00. The molecule has 17 heavy (non-hydrogen) atoms.